The summed E-state index contributed by atoms with van der Waals surface area (Å²) in [5, 5.41) is 3.73. The Morgan fingerprint density at radius 2 is 2.06 bits per heavy atom. The van der Waals surface area contributed by atoms with Crippen molar-refractivity contribution in [1.82, 2.24) is 5.32 Å². The van der Waals surface area contributed by atoms with E-state index in [1.54, 1.807) is 6.07 Å². The van der Waals surface area contributed by atoms with Crippen LogP contribution in [0.15, 0.2) is 28.7 Å². The SMILES string of the molecule is FC(F)CNCc1c(Cl)oc2ccccc12. The molecule has 0 spiro atoms. The summed E-state index contributed by atoms with van der Waals surface area (Å²) in [5.74, 6) is 0. The topological polar surface area (TPSA) is 25.2 Å². The lowest BCUT2D eigenvalue weighted by Gasteiger charge is -2.02. The molecule has 0 unspecified atom stereocenters. The minimum Gasteiger partial charge on any atom is -0.444 e. The summed E-state index contributed by atoms with van der Waals surface area (Å²) >= 11 is 5.89. The molecule has 1 N–H and O–H groups in total. The van der Waals surface area contributed by atoms with Gasteiger partial charge in [-0.1, -0.05) is 18.2 Å². The molecule has 0 saturated carbocycles. The molecule has 0 saturated heterocycles. The van der Waals surface area contributed by atoms with Gasteiger partial charge >= 0.3 is 0 Å². The average Bonchev–Trinajstić information content (AvgIpc) is 2.55. The van der Waals surface area contributed by atoms with Crippen molar-refractivity contribution >= 4 is 22.6 Å². The Morgan fingerprint density at radius 3 is 2.81 bits per heavy atom. The van der Waals surface area contributed by atoms with Crippen LogP contribution in [-0.4, -0.2) is 13.0 Å². The normalized spacial score (nSPS) is 11.5. The first-order valence-corrected chi connectivity index (χ1v) is 5.21. The molecule has 16 heavy (non-hydrogen) atoms. The van der Waals surface area contributed by atoms with Crippen LogP contribution in [0.25, 0.3) is 11.0 Å². The molecule has 0 fully saturated rings. The molecule has 2 aromatic rings. The fraction of sp³-hybridized carbons (Fsp3) is 0.273. The van der Waals surface area contributed by atoms with Crippen LogP contribution in [0.4, 0.5) is 8.78 Å². The van der Waals surface area contributed by atoms with Gasteiger partial charge in [-0.05, 0) is 17.7 Å². The molecule has 0 bridgehead atoms. The first-order valence-electron chi connectivity index (χ1n) is 4.83. The third-order valence-corrected chi connectivity index (χ3v) is 2.55. The first-order chi connectivity index (χ1) is 7.68. The number of benzene rings is 1. The molecule has 2 rings (SSSR count). The van der Waals surface area contributed by atoms with Crippen LogP contribution in [0.1, 0.15) is 5.56 Å². The zero-order valence-corrected chi connectivity index (χ0v) is 9.10. The largest absolute Gasteiger partial charge is 0.444 e. The molecule has 1 heterocycles. The fourth-order valence-corrected chi connectivity index (χ4v) is 1.79. The smallest absolute Gasteiger partial charge is 0.250 e. The summed E-state index contributed by atoms with van der Waals surface area (Å²) < 4.78 is 29.2. The maximum absolute atomic E-state index is 12.0. The van der Waals surface area contributed by atoms with E-state index in [1.807, 2.05) is 18.2 Å². The molecule has 0 aliphatic carbocycles. The predicted molar refractivity (Wildman–Crippen MR) is 58.9 cm³/mol. The molecule has 0 amide bonds. The van der Waals surface area contributed by atoms with Gasteiger partial charge in [-0.25, -0.2) is 8.78 Å². The molecule has 0 aliphatic rings. The zero-order chi connectivity index (χ0) is 11.5. The summed E-state index contributed by atoms with van der Waals surface area (Å²) in [5.41, 5.74) is 1.39. The van der Waals surface area contributed by atoms with Gasteiger partial charge in [0.2, 0.25) is 0 Å². The van der Waals surface area contributed by atoms with Crippen molar-refractivity contribution in [1.29, 1.82) is 0 Å². The Morgan fingerprint density at radius 1 is 1.31 bits per heavy atom. The highest BCUT2D eigenvalue weighted by Crippen LogP contribution is 2.29. The fourth-order valence-electron chi connectivity index (χ4n) is 1.54. The van der Waals surface area contributed by atoms with Crippen LogP contribution in [0.5, 0.6) is 0 Å². The van der Waals surface area contributed by atoms with Gasteiger partial charge in [0, 0.05) is 17.5 Å². The van der Waals surface area contributed by atoms with Crippen LogP contribution in [0.2, 0.25) is 5.22 Å². The standard InChI is InChI=1S/C11H10ClF2NO/c12-11-8(5-15-6-10(13)14)7-3-1-2-4-9(7)16-11/h1-4,10,15H,5-6H2. The maximum atomic E-state index is 12.0. The highest BCUT2D eigenvalue weighted by molar-refractivity contribution is 6.30. The van der Waals surface area contributed by atoms with E-state index in [9.17, 15) is 8.78 Å². The van der Waals surface area contributed by atoms with Crippen LogP contribution >= 0.6 is 11.6 Å². The number of hydrogen-bond donors (Lipinski definition) is 1. The number of furan rings is 1. The molecule has 2 nitrogen and oxygen atoms in total. The summed E-state index contributed by atoms with van der Waals surface area (Å²) in [6.45, 7) is -0.0734. The number of halogens is 3. The Hall–Kier alpha value is -1.13. The minimum absolute atomic E-state index is 0.253. The Balaban J connectivity index is 2.19. The van der Waals surface area contributed by atoms with Gasteiger partial charge in [0.1, 0.15) is 5.58 Å². The second-order valence-corrected chi connectivity index (χ2v) is 3.72. The lowest BCUT2D eigenvalue weighted by molar-refractivity contribution is 0.145. The number of rotatable bonds is 4. The van der Waals surface area contributed by atoms with Crippen molar-refractivity contribution in [2.75, 3.05) is 6.54 Å². The van der Waals surface area contributed by atoms with Crippen molar-refractivity contribution in [3.63, 3.8) is 0 Å². The molecule has 86 valence electrons. The minimum atomic E-state index is -2.36. The number of hydrogen-bond acceptors (Lipinski definition) is 2. The molecular weight excluding hydrogens is 236 g/mol. The van der Waals surface area contributed by atoms with Crippen LogP contribution < -0.4 is 5.32 Å². The molecule has 0 atom stereocenters. The predicted octanol–water partition coefficient (Wildman–Crippen LogP) is 3.44. The van der Waals surface area contributed by atoms with E-state index in [-0.39, 0.29) is 18.3 Å². The number of para-hydroxylation sites is 1. The Kier molecular flexibility index (Phi) is 3.41. The monoisotopic (exact) mass is 245 g/mol. The Labute approximate surface area is 96.2 Å². The quantitative estimate of drug-likeness (QED) is 0.893. The molecular formula is C11H10ClF2NO. The van der Waals surface area contributed by atoms with E-state index < -0.39 is 6.43 Å². The van der Waals surface area contributed by atoms with Crippen molar-refractivity contribution in [3.05, 3.63) is 35.0 Å². The lowest BCUT2D eigenvalue weighted by Crippen LogP contribution is -2.20. The molecule has 0 aliphatic heterocycles. The summed E-state index contributed by atoms with van der Waals surface area (Å²) in [6.07, 6.45) is -2.36. The van der Waals surface area contributed by atoms with Gasteiger partial charge in [0.05, 0.1) is 6.54 Å². The van der Waals surface area contributed by atoms with Gasteiger partial charge < -0.3 is 9.73 Å². The second kappa shape index (κ2) is 4.80. The van der Waals surface area contributed by atoms with Crippen LogP contribution in [0, 0.1) is 0 Å². The molecule has 1 aromatic carbocycles. The van der Waals surface area contributed by atoms with E-state index in [1.165, 1.54) is 0 Å². The number of fused-ring (bicyclic) bond motifs is 1. The summed E-state index contributed by atoms with van der Waals surface area (Å²) in [7, 11) is 0. The highest BCUT2D eigenvalue weighted by atomic mass is 35.5. The van der Waals surface area contributed by atoms with E-state index in [0.717, 1.165) is 10.9 Å². The zero-order valence-electron chi connectivity index (χ0n) is 8.34. The van der Waals surface area contributed by atoms with Gasteiger partial charge in [-0.15, -0.1) is 0 Å². The first kappa shape index (κ1) is 11.4. The van der Waals surface area contributed by atoms with Crippen molar-refractivity contribution in [2.45, 2.75) is 13.0 Å². The van der Waals surface area contributed by atoms with Crippen LogP contribution in [-0.2, 0) is 6.54 Å². The second-order valence-electron chi connectivity index (χ2n) is 3.37. The summed E-state index contributed by atoms with van der Waals surface area (Å²) in [6, 6.07) is 7.32. The van der Waals surface area contributed by atoms with E-state index in [0.29, 0.717) is 5.58 Å². The number of alkyl halides is 2. The van der Waals surface area contributed by atoms with Crippen LogP contribution in [0.3, 0.4) is 0 Å². The molecule has 5 heteroatoms. The lowest BCUT2D eigenvalue weighted by atomic mass is 10.2. The Bertz CT molecular complexity index is 484. The molecule has 0 radical (unpaired) electrons. The summed E-state index contributed by atoms with van der Waals surface area (Å²) in [4.78, 5) is 0. The average molecular weight is 246 g/mol. The van der Waals surface area contributed by atoms with E-state index >= 15 is 0 Å². The van der Waals surface area contributed by atoms with Crippen molar-refractivity contribution in [2.24, 2.45) is 0 Å². The van der Waals surface area contributed by atoms with Crippen molar-refractivity contribution in [3.8, 4) is 0 Å². The molecule has 1 aromatic heterocycles. The van der Waals surface area contributed by atoms with Gasteiger partial charge in [0.25, 0.3) is 6.43 Å². The maximum Gasteiger partial charge on any atom is 0.250 e. The highest BCUT2D eigenvalue weighted by Gasteiger charge is 2.12. The third kappa shape index (κ3) is 2.33. The van der Waals surface area contributed by atoms with Gasteiger partial charge in [0.15, 0.2) is 5.22 Å². The van der Waals surface area contributed by atoms with E-state index in [4.69, 9.17) is 16.0 Å². The van der Waals surface area contributed by atoms with Gasteiger partial charge in [-0.2, -0.15) is 0 Å². The van der Waals surface area contributed by atoms with Crippen molar-refractivity contribution < 1.29 is 13.2 Å². The third-order valence-electron chi connectivity index (χ3n) is 2.25. The number of nitrogens with one attached hydrogen (secondary N) is 1. The van der Waals surface area contributed by atoms with Gasteiger partial charge in [-0.3, -0.25) is 0 Å². The van der Waals surface area contributed by atoms with E-state index in [2.05, 4.69) is 5.32 Å².